The number of benzene rings is 1. The zero-order valence-corrected chi connectivity index (χ0v) is 11.5. The maximum atomic E-state index is 11.3. The number of rotatable bonds is 4. The van der Waals surface area contributed by atoms with Crippen molar-refractivity contribution >= 4 is 17.3 Å². The maximum Gasteiger partial charge on any atom is 0.292 e. The van der Waals surface area contributed by atoms with Gasteiger partial charge in [-0.3, -0.25) is 14.9 Å². The van der Waals surface area contributed by atoms with E-state index in [-0.39, 0.29) is 17.3 Å². The van der Waals surface area contributed by atoms with Gasteiger partial charge in [0.25, 0.3) is 5.69 Å². The van der Waals surface area contributed by atoms with Gasteiger partial charge in [0.05, 0.1) is 4.92 Å². The van der Waals surface area contributed by atoms with Gasteiger partial charge in [-0.25, -0.2) is 0 Å². The zero-order chi connectivity index (χ0) is 15.0. The minimum absolute atomic E-state index is 0.0223. The van der Waals surface area contributed by atoms with Crippen LogP contribution in [0.1, 0.15) is 36.0 Å². The van der Waals surface area contributed by atoms with Crippen molar-refractivity contribution in [1.82, 2.24) is 5.32 Å². The molecule has 1 amide bonds. The van der Waals surface area contributed by atoms with Crippen LogP contribution in [0, 0.1) is 10.1 Å². The highest BCUT2D eigenvalue weighted by Gasteiger charge is 2.34. The van der Waals surface area contributed by atoms with Gasteiger partial charge >= 0.3 is 0 Å². The third kappa shape index (κ3) is 2.82. The molecule has 2 bridgehead atoms. The van der Waals surface area contributed by atoms with Crippen molar-refractivity contribution in [2.24, 2.45) is 5.73 Å². The predicted molar refractivity (Wildman–Crippen MR) is 78.2 cm³/mol. The number of hydrogen-bond acceptors (Lipinski definition) is 5. The number of carbonyl (C=O) groups excluding carboxylic acids is 1. The Morgan fingerprint density at radius 2 is 2.00 bits per heavy atom. The summed E-state index contributed by atoms with van der Waals surface area (Å²) in [5, 5.41) is 17.9. The lowest BCUT2D eigenvalue weighted by Gasteiger charge is -2.30. The van der Waals surface area contributed by atoms with Crippen molar-refractivity contribution in [2.45, 2.75) is 43.8 Å². The monoisotopic (exact) mass is 290 g/mol. The number of nitrogens with two attached hydrogens (primary N) is 1. The minimum Gasteiger partial charge on any atom is -0.377 e. The van der Waals surface area contributed by atoms with Gasteiger partial charge in [-0.2, -0.15) is 0 Å². The van der Waals surface area contributed by atoms with Crippen LogP contribution in [-0.4, -0.2) is 29.0 Å². The number of amides is 1. The van der Waals surface area contributed by atoms with Crippen LogP contribution in [-0.2, 0) is 0 Å². The van der Waals surface area contributed by atoms with Crippen LogP contribution < -0.4 is 16.4 Å². The normalized spacial score (nSPS) is 27.3. The number of hydrogen-bond donors (Lipinski definition) is 3. The molecule has 21 heavy (non-hydrogen) atoms. The maximum absolute atomic E-state index is 11.3. The average molecular weight is 290 g/mol. The van der Waals surface area contributed by atoms with Crippen molar-refractivity contribution in [2.75, 3.05) is 5.32 Å². The van der Waals surface area contributed by atoms with Crippen molar-refractivity contribution < 1.29 is 9.72 Å². The van der Waals surface area contributed by atoms with Gasteiger partial charge in [-0.05, 0) is 37.8 Å². The quantitative estimate of drug-likeness (QED) is 0.573. The van der Waals surface area contributed by atoms with Gasteiger partial charge in [-0.1, -0.05) is 0 Å². The predicted octanol–water partition coefficient (Wildman–Crippen LogP) is 1.39. The highest BCUT2D eigenvalue weighted by Crippen LogP contribution is 2.32. The van der Waals surface area contributed by atoms with Crippen LogP contribution in [0.3, 0.4) is 0 Å². The topological polar surface area (TPSA) is 110 Å². The molecular weight excluding hydrogens is 272 g/mol. The summed E-state index contributed by atoms with van der Waals surface area (Å²) in [6.45, 7) is 0. The fraction of sp³-hybridized carbons (Fsp3) is 0.500. The van der Waals surface area contributed by atoms with Crippen molar-refractivity contribution in [3.8, 4) is 0 Å². The van der Waals surface area contributed by atoms with E-state index in [9.17, 15) is 14.9 Å². The summed E-state index contributed by atoms with van der Waals surface area (Å²) in [5.74, 6) is -0.585. The highest BCUT2D eigenvalue weighted by atomic mass is 16.6. The number of nitro benzene ring substituents is 1. The van der Waals surface area contributed by atoms with Crippen LogP contribution in [0.2, 0.25) is 0 Å². The second kappa shape index (κ2) is 5.33. The summed E-state index contributed by atoms with van der Waals surface area (Å²) >= 11 is 0. The van der Waals surface area contributed by atoms with Crippen LogP contribution in [0.4, 0.5) is 11.4 Å². The molecule has 2 fully saturated rings. The lowest BCUT2D eigenvalue weighted by atomic mass is 9.99. The summed E-state index contributed by atoms with van der Waals surface area (Å²) in [4.78, 5) is 21.9. The molecule has 2 heterocycles. The first-order valence-electron chi connectivity index (χ1n) is 7.14. The molecule has 3 rings (SSSR count). The van der Waals surface area contributed by atoms with Crippen molar-refractivity contribution in [3.05, 3.63) is 33.9 Å². The number of nitrogens with zero attached hydrogens (tertiary/aromatic N) is 1. The van der Waals surface area contributed by atoms with Gasteiger partial charge in [0.2, 0.25) is 5.91 Å². The lowest BCUT2D eigenvalue weighted by Crippen LogP contribution is -2.43. The van der Waals surface area contributed by atoms with Crippen LogP contribution >= 0.6 is 0 Å². The van der Waals surface area contributed by atoms with Gasteiger partial charge in [0.1, 0.15) is 5.69 Å². The molecule has 2 aliphatic heterocycles. The molecule has 2 atom stereocenters. The molecule has 0 aromatic heterocycles. The second-order valence-corrected chi connectivity index (χ2v) is 5.80. The summed E-state index contributed by atoms with van der Waals surface area (Å²) in [7, 11) is 0. The standard InChI is InChI=1S/C14H18N4O3/c15-14(19)8-1-4-13(18(20)21)12(5-8)17-11-6-9-2-3-10(7-11)16-9/h1,4-5,9-11,16-17H,2-3,6-7H2,(H2,15,19). The molecular formula is C14H18N4O3. The van der Waals surface area contributed by atoms with E-state index in [2.05, 4.69) is 10.6 Å². The molecule has 0 aliphatic carbocycles. The Labute approximate surface area is 122 Å². The Morgan fingerprint density at radius 1 is 1.33 bits per heavy atom. The molecule has 1 aromatic carbocycles. The van der Waals surface area contributed by atoms with E-state index < -0.39 is 10.8 Å². The summed E-state index contributed by atoms with van der Waals surface area (Å²) < 4.78 is 0. The van der Waals surface area contributed by atoms with Gasteiger partial charge < -0.3 is 16.4 Å². The van der Waals surface area contributed by atoms with E-state index in [1.54, 1.807) is 0 Å². The second-order valence-electron chi connectivity index (χ2n) is 5.80. The van der Waals surface area contributed by atoms with Crippen LogP contribution in [0.25, 0.3) is 0 Å². The van der Waals surface area contributed by atoms with E-state index in [4.69, 9.17) is 5.73 Å². The van der Waals surface area contributed by atoms with Crippen molar-refractivity contribution in [3.63, 3.8) is 0 Å². The molecule has 4 N–H and O–H groups in total. The molecule has 1 aromatic rings. The molecule has 2 aliphatic rings. The smallest absolute Gasteiger partial charge is 0.292 e. The number of nitrogens with one attached hydrogen (secondary N) is 2. The van der Waals surface area contributed by atoms with Gasteiger partial charge in [0, 0.05) is 29.8 Å². The number of fused-ring (bicyclic) bond motifs is 2. The first kappa shape index (κ1) is 13.8. The van der Waals surface area contributed by atoms with Gasteiger partial charge in [-0.15, -0.1) is 0 Å². The fourth-order valence-corrected chi connectivity index (χ4v) is 3.36. The molecule has 7 heteroatoms. The molecule has 7 nitrogen and oxygen atoms in total. The average Bonchev–Trinajstić information content (AvgIpc) is 2.77. The molecule has 112 valence electrons. The third-order valence-corrected chi connectivity index (χ3v) is 4.31. The van der Waals surface area contributed by atoms with Crippen molar-refractivity contribution in [1.29, 1.82) is 0 Å². The SMILES string of the molecule is NC(=O)c1ccc([N+](=O)[O-])c(NC2CC3CCC(C2)N3)c1. The summed E-state index contributed by atoms with van der Waals surface area (Å²) in [6.07, 6.45) is 4.20. The summed E-state index contributed by atoms with van der Waals surface area (Å²) in [5.41, 5.74) is 5.88. The van der Waals surface area contributed by atoms with E-state index in [0.717, 1.165) is 25.7 Å². The largest absolute Gasteiger partial charge is 0.377 e. The number of primary amides is 1. The lowest BCUT2D eigenvalue weighted by molar-refractivity contribution is -0.384. The van der Waals surface area contributed by atoms with E-state index >= 15 is 0 Å². The molecule has 0 spiro atoms. The zero-order valence-electron chi connectivity index (χ0n) is 11.5. The molecule has 2 saturated heterocycles. The van der Waals surface area contributed by atoms with E-state index in [1.165, 1.54) is 18.2 Å². The van der Waals surface area contributed by atoms with E-state index in [1.807, 2.05) is 0 Å². The van der Waals surface area contributed by atoms with Crippen LogP contribution in [0.5, 0.6) is 0 Å². The fourth-order valence-electron chi connectivity index (χ4n) is 3.36. The van der Waals surface area contributed by atoms with Crippen LogP contribution in [0.15, 0.2) is 18.2 Å². The number of piperidine rings is 1. The Kier molecular flexibility index (Phi) is 3.50. The Balaban J connectivity index is 1.84. The summed E-state index contributed by atoms with van der Waals surface area (Å²) in [6, 6.07) is 5.35. The first-order valence-corrected chi connectivity index (χ1v) is 7.14. The Morgan fingerprint density at radius 3 is 2.57 bits per heavy atom. The number of carbonyl (C=O) groups is 1. The Bertz CT molecular complexity index is 578. The molecule has 0 saturated carbocycles. The molecule has 2 unspecified atom stereocenters. The Hall–Kier alpha value is -2.15. The third-order valence-electron chi connectivity index (χ3n) is 4.31. The van der Waals surface area contributed by atoms with Gasteiger partial charge in [0.15, 0.2) is 0 Å². The van der Waals surface area contributed by atoms with E-state index in [0.29, 0.717) is 17.8 Å². The minimum atomic E-state index is -0.585. The first-order chi connectivity index (χ1) is 10.0. The molecule has 0 radical (unpaired) electrons. The number of nitro groups is 1. The highest BCUT2D eigenvalue weighted by molar-refractivity contribution is 5.94. The number of anilines is 1.